The molecule has 0 aromatic heterocycles. The summed E-state index contributed by atoms with van der Waals surface area (Å²) in [7, 11) is 0. The van der Waals surface area contributed by atoms with Gasteiger partial charge in [0.05, 0.1) is 6.10 Å². The highest BCUT2D eigenvalue weighted by Gasteiger charge is 2.39. The number of piperazine rings is 1. The summed E-state index contributed by atoms with van der Waals surface area (Å²) in [5, 5.41) is 10.2. The summed E-state index contributed by atoms with van der Waals surface area (Å²) in [6.07, 6.45) is 7.42. The Hall–Kier alpha value is -0.120. The fourth-order valence-electron chi connectivity index (χ4n) is 4.15. The lowest BCUT2D eigenvalue weighted by atomic mass is 9.89. The van der Waals surface area contributed by atoms with Crippen LogP contribution in [0.15, 0.2) is 0 Å². The zero-order chi connectivity index (χ0) is 11.8. The van der Waals surface area contributed by atoms with E-state index >= 15 is 0 Å². The van der Waals surface area contributed by atoms with Crippen molar-refractivity contribution < 1.29 is 5.11 Å². The van der Waals surface area contributed by atoms with Crippen LogP contribution in [0.5, 0.6) is 0 Å². The first-order valence-electron chi connectivity index (χ1n) is 7.43. The Balaban J connectivity index is 1.69. The molecule has 2 unspecified atom stereocenters. The van der Waals surface area contributed by atoms with E-state index in [0.29, 0.717) is 12.1 Å². The van der Waals surface area contributed by atoms with Crippen LogP contribution in [0.4, 0.5) is 0 Å². The van der Waals surface area contributed by atoms with E-state index in [4.69, 9.17) is 0 Å². The average molecular weight is 238 g/mol. The van der Waals surface area contributed by atoms with Crippen molar-refractivity contribution >= 4 is 0 Å². The Morgan fingerprint density at radius 1 is 1.00 bits per heavy atom. The minimum absolute atomic E-state index is 0.0702. The average Bonchev–Trinajstić information content (AvgIpc) is 2.76. The maximum atomic E-state index is 10.2. The third kappa shape index (κ3) is 2.25. The van der Waals surface area contributed by atoms with Gasteiger partial charge in [-0.15, -0.1) is 0 Å². The minimum atomic E-state index is -0.0702. The van der Waals surface area contributed by atoms with Crippen molar-refractivity contribution in [3.63, 3.8) is 0 Å². The summed E-state index contributed by atoms with van der Waals surface area (Å²) in [6.45, 7) is 6.06. The number of fused-ring (bicyclic) bond motifs is 1. The minimum Gasteiger partial charge on any atom is -0.391 e. The summed E-state index contributed by atoms with van der Waals surface area (Å²) < 4.78 is 0. The van der Waals surface area contributed by atoms with Crippen molar-refractivity contribution in [3.8, 4) is 0 Å². The molecule has 1 aliphatic carbocycles. The van der Waals surface area contributed by atoms with Crippen LogP contribution < -0.4 is 0 Å². The first-order chi connectivity index (χ1) is 8.25. The van der Waals surface area contributed by atoms with Crippen molar-refractivity contribution in [3.05, 3.63) is 0 Å². The zero-order valence-electron chi connectivity index (χ0n) is 11.0. The Labute approximate surface area is 105 Å². The predicted molar refractivity (Wildman–Crippen MR) is 69.0 cm³/mol. The fourth-order valence-corrected chi connectivity index (χ4v) is 4.15. The Bertz CT molecular complexity index is 271. The quantitative estimate of drug-likeness (QED) is 0.749. The highest BCUT2D eigenvalue weighted by atomic mass is 16.3. The van der Waals surface area contributed by atoms with E-state index in [9.17, 15) is 5.11 Å². The van der Waals surface area contributed by atoms with Crippen LogP contribution >= 0.6 is 0 Å². The van der Waals surface area contributed by atoms with Gasteiger partial charge >= 0.3 is 0 Å². The Morgan fingerprint density at radius 2 is 1.82 bits per heavy atom. The maximum Gasteiger partial charge on any atom is 0.0695 e. The van der Waals surface area contributed by atoms with E-state index in [0.717, 1.165) is 12.5 Å². The second-order valence-electron chi connectivity index (χ2n) is 6.26. The molecule has 0 spiro atoms. The molecule has 1 saturated carbocycles. The molecule has 0 amide bonds. The van der Waals surface area contributed by atoms with Gasteiger partial charge in [-0.05, 0) is 39.2 Å². The smallest absolute Gasteiger partial charge is 0.0695 e. The van der Waals surface area contributed by atoms with E-state index in [2.05, 4.69) is 16.7 Å². The van der Waals surface area contributed by atoms with Crippen LogP contribution in [0.1, 0.15) is 45.4 Å². The summed E-state index contributed by atoms with van der Waals surface area (Å²) in [4.78, 5) is 5.28. The lowest BCUT2D eigenvalue weighted by Gasteiger charge is -2.48. The number of rotatable bonds is 1. The standard InChI is InChI=1S/C14H26N2O/c1-11-9-15-8-4-5-12(15)10-16(11)13-6-2-3-7-14(13)17/h11-14,17H,2-10H2,1H3/t11?,12?,13-,14-/m0/s1. The second-order valence-corrected chi connectivity index (χ2v) is 6.26. The van der Waals surface area contributed by atoms with Crippen molar-refractivity contribution in [2.75, 3.05) is 19.6 Å². The molecular formula is C14H26N2O. The molecule has 3 aliphatic rings. The van der Waals surface area contributed by atoms with Crippen LogP contribution in [-0.4, -0.2) is 58.8 Å². The highest BCUT2D eigenvalue weighted by molar-refractivity contribution is 4.95. The third-order valence-electron chi connectivity index (χ3n) is 5.11. The second kappa shape index (κ2) is 4.87. The van der Waals surface area contributed by atoms with E-state index < -0.39 is 0 Å². The van der Waals surface area contributed by atoms with Gasteiger partial charge in [0.1, 0.15) is 0 Å². The molecule has 98 valence electrons. The number of aliphatic hydroxyl groups is 1. The van der Waals surface area contributed by atoms with E-state index in [-0.39, 0.29) is 6.10 Å². The number of hydrogen-bond acceptors (Lipinski definition) is 3. The van der Waals surface area contributed by atoms with Crippen molar-refractivity contribution in [2.45, 2.75) is 69.7 Å². The summed E-state index contributed by atoms with van der Waals surface area (Å²) in [5.74, 6) is 0. The normalized spacial score (nSPS) is 44.8. The van der Waals surface area contributed by atoms with Gasteiger partial charge in [0.2, 0.25) is 0 Å². The first kappa shape index (κ1) is 11.9. The van der Waals surface area contributed by atoms with Crippen LogP contribution in [0, 0.1) is 0 Å². The lowest BCUT2D eigenvalue weighted by molar-refractivity contribution is -0.0392. The monoisotopic (exact) mass is 238 g/mol. The van der Waals surface area contributed by atoms with Gasteiger partial charge < -0.3 is 5.11 Å². The van der Waals surface area contributed by atoms with Crippen LogP contribution in [0.2, 0.25) is 0 Å². The molecule has 3 heteroatoms. The number of aliphatic hydroxyl groups excluding tert-OH is 1. The summed E-state index contributed by atoms with van der Waals surface area (Å²) in [6, 6.07) is 1.85. The Kier molecular flexibility index (Phi) is 3.42. The third-order valence-corrected chi connectivity index (χ3v) is 5.11. The van der Waals surface area contributed by atoms with Crippen LogP contribution in [-0.2, 0) is 0 Å². The van der Waals surface area contributed by atoms with E-state index in [1.165, 1.54) is 51.7 Å². The fraction of sp³-hybridized carbons (Fsp3) is 1.00. The number of nitrogens with zero attached hydrogens (tertiary/aromatic N) is 2. The first-order valence-corrected chi connectivity index (χ1v) is 7.43. The maximum absolute atomic E-state index is 10.2. The Morgan fingerprint density at radius 3 is 2.65 bits per heavy atom. The molecule has 2 saturated heterocycles. The molecule has 0 radical (unpaired) electrons. The van der Waals surface area contributed by atoms with Crippen molar-refractivity contribution in [1.82, 2.24) is 9.80 Å². The molecule has 17 heavy (non-hydrogen) atoms. The van der Waals surface area contributed by atoms with Gasteiger partial charge in [-0.25, -0.2) is 0 Å². The van der Waals surface area contributed by atoms with Crippen LogP contribution in [0.25, 0.3) is 0 Å². The van der Waals surface area contributed by atoms with Crippen LogP contribution in [0.3, 0.4) is 0 Å². The van der Waals surface area contributed by atoms with Gasteiger partial charge in [-0.1, -0.05) is 12.8 Å². The molecule has 3 fully saturated rings. The van der Waals surface area contributed by atoms with Crippen molar-refractivity contribution in [1.29, 1.82) is 0 Å². The summed E-state index contributed by atoms with van der Waals surface area (Å²) in [5.41, 5.74) is 0. The molecule has 0 bridgehead atoms. The van der Waals surface area contributed by atoms with Crippen molar-refractivity contribution in [2.24, 2.45) is 0 Å². The molecule has 2 aliphatic heterocycles. The molecule has 0 aromatic rings. The largest absolute Gasteiger partial charge is 0.391 e. The molecule has 1 N–H and O–H groups in total. The van der Waals surface area contributed by atoms with Gasteiger partial charge in [0.15, 0.2) is 0 Å². The molecule has 3 nitrogen and oxygen atoms in total. The highest BCUT2D eigenvalue weighted by Crippen LogP contribution is 2.30. The predicted octanol–water partition coefficient (Wildman–Crippen LogP) is 1.46. The molecule has 0 aromatic carbocycles. The van der Waals surface area contributed by atoms with E-state index in [1.807, 2.05) is 0 Å². The van der Waals surface area contributed by atoms with Gasteiger partial charge in [0, 0.05) is 31.2 Å². The van der Waals surface area contributed by atoms with E-state index in [1.54, 1.807) is 0 Å². The lowest BCUT2D eigenvalue weighted by Crippen LogP contribution is -2.60. The topological polar surface area (TPSA) is 26.7 Å². The molecular weight excluding hydrogens is 212 g/mol. The summed E-state index contributed by atoms with van der Waals surface area (Å²) >= 11 is 0. The molecule has 2 heterocycles. The van der Waals surface area contributed by atoms with Gasteiger partial charge in [-0.2, -0.15) is 0 Å². The molecule has 4 atom stereocenters. The molecule has 3 rings (SSSR count). The van der Waals surface area contributed by atoms with Gasteiger partial charge in [-0.3, -0.25) is 9.80 Å². The SMILES string of the molecule is CC1CN2CCCC2CN1[C@H]1CCCC[C@@H]1O. The van der Waals surface area contributed by atoms with Gasteiger partial charge in [0.25, 0.3) is 0 Å². The number of hydrogen-bond donors (Lipinski definition) is 1. The zero-order valence-corrected chi connectivity index (χ0v) is 11.0.